The van der Waals surface area contributed by atoms with Gasteiger partial charge in [0.1, 0.15) is 5.75 Å². The number of likely N-dealkylation sites (tertiary alicyclic amines) is 1. The van der Waals surface area contributed by atoms with Crippen LogP contribution in [0.2, 0.25) is 0 Å². The monoisotopic (exact) mass is 361 g/mol. The molecule has 0 spiro atoms. The fourth-order valence-corrected chi connectivity index (χ4v) is 3.74. The van der Waals surface area contributed by atoms with Gasteiger partial charge in [-0.1, -0.05) is 19.3 Å². The van der Waals surface area contributed by atoms with Crippen molar-refractivity contribution in [3.8, 4) is 5.75 Å². The highest BCUT2D eigenvalue weighted by Crippen LogP contribution is 2.26. The molecule has 1 saturated heterocycles. The highest BCUT2D eigenvalue weighted by atomic mass is 16.5. The van der Waals surface area contributed by atoms with E-state index in [1.165, 1.54) is 32.1 Å². The Morgan fingerprint density at radius 3 is 2.27 bits per heavy atom. The normalized spacial score (nSPS) is 20.6. The lowest BCUT2D eigenvalue weighted by molar-refractivity contribution is -0.162. The van der Waals surface area contributed by atoms with Crippen molar-refractivity contribution in [2.75, 3.05) is 19.7 Å². The summed E-state index contributed by atoms with van der Waals surface area (Å²) in [4.78, 5) is 25.2. The number of hydrogen-bond donors (Lipinski definition) is 2. The van der Waals surface area contributed by atoms with Crippen LogP contribution in [0, 0.1) is 5.92 Å². The Kier molecular flexibility index (Phi) is 5.81. The van der Waals surface area contributed by atoms with Crippen molar-refractivity contribution in [2.45, 2.75) is 50.5 Å². The molecule has 1 aromatic rings. The van der Waals surface area contributed by atoms with Gasteiger partial charge in [0.05, 0.1) is 6.61 Å². The van der Waals surface area contributed by atoms with Crippen molar-refractivity contribution in [1.82, 2.24) is 4.90 Å². The number of benzene rings is 1. The van der Waals surface area contributed by atoms with Gasteiger partial charge in [0, 0.05) is 31.5 Å². The van der Waals surface area contributed by atoms with Gasteiger partial charge in [-0.15, -0.1) is 0 Å². The van der Waals surface area contributed by atoms with Crippen LogP contribution in [0.5, 0.6) is 5.75 Å². The van der Waals surface area contributed by atoms with Gasteiger partial charge in [0.15, 0.2) is 5.60 Å². The zero-order chi connectivity index (χ0) is 18.6. The fourth-order valence-electron chi connectivity index (χ4n) is 3.74. The Morgan fingerprint density at radius 1 is 1.08 bits per heavy atom. The predicted molar refractivity (Wildman–Crippen MR) is 96.2 cm³/mol. The van der Waals surface area contributed by atoms with Gasteiger partial charge in [-0.2, -0.15) is 0 Å². The quantitative estimate of drug-likeness (QED) is 0.842. The number of carboxylic acids is 1. The molecule has 2 fully saturated rings. The van der Waals surface area contributed by atoms with Gasteiger partial charge in [-0.25, -0.2) is 4.79 Å². The van der Waals surface area contributed by atoms with Crippen LogP contribution >= 0.6 is 0 Å². The van der Waals surface area contributed by atoms with E-state index in [4.69, 9.17) is 9.84 Å². The molecule has 26 heavy (non-hydrogen) atoms. The highest BCUT2D eigenvalue weighted by molar-refractivity contribution is 5.94. The molecule has 1 amide bonds. The van der Waals surface area contributed by atoms with Gasteiger partial charge >= 0.3 is 5.97 Å². The maximum atomic E-state index is 12.6. The third-order valence-corrected chi connectivity index (χ3v) is 5.59. The van der Waals surface area contributed by atoms with Crippen molar-refractivity contribution in [3.05, 3.63) is 29.8 Å². The van der Waals surface area contributed by atoms with Crippen LogP contribution in [-0.4, -0.2) is 52.3 Å². The van der Waals surface area contributed by atoms with Crippen molar-refractivity contribution in [3.63, 3.8) is 0 Å². The molecule has 1 saturated carbocycles. The second-order valence-corrected chi connectivity index (χ2v) is 7.47. The van der Waals surface area contributed by atoms with Crippen LogP contribution in [0.4, 0.5) is 0 Å². The first-order valence-corrected chi connectivity index (χ1v) is 9.46. The number of piperidine rings is 1. The van der Waals surface area contributed by atoms with Gasteiger partial charge < -0.3 is 19.8 Å². The topological polar surface area (TPSA) is 87.1 Å². The second-order valence-electron chi connectivity index (χ2n) is 7.47. The Hall–Kier alpha value is -2.08. The molecule has 0 radical (unpaired) electrons. The third-order valence-electron chi connectivity index (χ3n) is 5.59. The number of nitrogens with zero attached hydrogens (tertiary/aromatic N) is 1. The van der Waals surface area contributed by atoms with Crippen molar-refractivity contribution in [1.29, 1.82) is 0 Å². The first-order chi connectivity index (χ1) is 12.5. The van der Waals surface area contributed by atoms with Crippen molar-refractivity contribution in [2.24, 2.45) is 5.92 Å². The van der Waals surface area contributed by atoms with E-state index in [0.717, 1.165) is 12.4 Å². The summed E-state index contributed by atoms with van der Waals surface area (Å²) in [7, 11) is 0. The van der Waals surface area contributed by atoms with Crippen LogP contribution in [0.3, 0.4) is 0 Å². The Bertz CT molecular complexity index is 628. The van der Waals surface area contributed by atoms with Crippen LogP contribution in [-0.2, 0) is 4.79 Å². The van der Waals surface area contributed by atoms with Gasteiger partial charge in [0.25, 0.3) is 5.91 Å². The molecule has 0 aromatic heterocycles. The smallest absolute Gasteiger partial charge is 0.335 e. The van der Waals surface area contributed by atoms with Crippen molar-refractivity contribution < 1.29 is 24.5 Å². The number of hydrogen-bond acceptors (Lipinski definition) is 4. The molecule has 2 aliphatic rings. The average molecular weight is 361 g/mol. The molecule has 2 N–H and O–H groups in total. The molecule has 1 aliphatic carbocycles. The average Bonchev–Trinajstić information content (AvgIpc) is 2.67. The lowest BCUT2D eigenvalue weighted by Crippen LogP contribution is -2.50. The molecule has 0 atom stereocenters. The molecule has 1 aromatic carbocycles. The van der Waals surface area contributed by atoms with Crippen LogP contribution in [0.15, 0.2) is 24.3 Å². The molecule has 142 valence electrons. The summed E-state index contributed by atoms with van der Waals surface area (Å²) in [5.74, 6) is 0.0396. The molecular formula is C20H27NO5. The van der Waals surface area contributed by atoms with E-state index in [9.17, 15) is 14.7 Å². The lowest BCUT2D eigenvalue weighted by atomic mass is 9.90. The molecule has 1 heterocycles. The molecule has 3 rings (SSSR count). The van der Waals surface area contributed by atoms with E-state index in [1.807, 2.05) is 12.1 Å². The summed E-state index contributed by atoms with van der Waals surface area (Å²) in [5.41, 5.74) is -1.16. The minimum Gasteiger partial charge on any atom is -0.493 e. The number of ether oxygens (including phenoxy) is 1. The van der Waals surface area contributed by atoms with Gasteiger partial charge in [0.2, 0.25) is 0 Å². The summed E-state index contributed by atoms with van der Waals surface area (Å²) in [6, 6.07) is 7.12. The minimum absolute atomic E-state index is 0.0522. The van der Waals surface area contributed by atoms with E-state index >= 15 is 0 Å². The number of carbonyl (C=O) groups excluding carboxylic acids is 1. The van der Waals surface area contributed by atoms with Crippen LogP contribution in [0.25, 0.3) is 0 Å². The molecular weight excluding hydrogens is 334 g/mol. The minimum atomic E-state index is -1.71. The number of amides is 1. The summed E-state index contributed by atoms with van der Waals surface area (Å²) in [6.45, 7) is 1.20. The van der Waals surface area contributed by atoms with Gasteiger partial charge in [-0.05, 0) is 43.0 Å². The molecule has 0 unspecified atom stereocenters. The Labute approximate surface area is 153 Å². The van der Waals surface area contributed by atoms with Gasteiger partial charge in [-0.3, -0.25) is 4.79 Å². The van der Waals surface area contributed by atoms with E-state index in [2.05, 4.69) is 0 Å². The van der Waals surface area contributed by atoms with E-state index in [1.54, 1.807) is 17.0 Å². The number of aliphatic hydroxyl groups is 1. The zero-order valence-electron chi connectivity index (χ0n) is 15.0. The largest absolute Gasteiger partial charge is 0.493 e. The first-order valence-electron chi connectivity index (χ1n) is 9.46. The highest BCUT2D eigenvalue weighted by Gasteiger charge is 2.40. The Morgan fingerprint density at radius 2 is 1.69 bits per heavy atom. The molecule has 6 heteroatoms. The van der Waals surface area contributed by atoms with E-state index in [0.29, 0.717) is 11.5 Å². The maximum Gasteiger partial charge on any atom is 0.335 e. The molecule has 0 bridgehead atoms. The SMILES string of the molecule is O=C(c1ccc(OCC2CCCCC2)cc1)N1CCC(O)(C(=O)O)CC1. The first kappa shape index (κ1) is 18.7. The lowest BCUT2D eigenvalue weighted by Gasteiger charge is -2.35. The summed E-state index contributed by atoms with van der Waals surface area (Å²) < 4.78 is 5.86. The van der Waals surface area contributed by atoms with Crippen LogP contribution in [0.1, 0.15) is 55.3 Å². The zero-order valence-corrected chi connectivity index (χ0v) is 15.0. The molecule has 1 aliphatic heterocycles. The number of carbonyl (C=O) groups is 2. The third kappa shape index (κ3) is 4.36. The van der Waals surface area contributed by atoms with Crippen molar-refractivity contribution >= 4 is 11.9 Å². The van der Waals surface area contributed by atoms with E-state index in [-0.39, 0.29) is 31.8 Å². The number of aliphatic carboxylic acids is 1. The molecule has 6 nitrogen and oxygen atoms in total. The number of rotatable bonds is 5. The van der Waals surface area contributed by atoms with Crippen LogP contribution < -0.4 is 4.74 Å². The summed E-state index contributed by atoms with van der Waals surface area (Å²) in [5, 5.41) is 19.0. The van der Waals surface area contributed by atoms with E-state index < -0.39 is 11.6 Å². The predicted octanol–water partition coefficient (Wildman–Crippen LogP) is 2.70. The standard InChI is InChI=1S/C20H27NO5/c22-18(21-12-10-20(25,11-13-21)19(23)24)16-6-8-17(9-7-16)26-14-15-4-2-1-3-5-15/h6-9,15,25H,1-5,10-14H2,(H,23,24). The number of carboxylic acid groups (broad SMARTS) is 1. The Balaban J connectivity index is 1.51. The summed E-state index contributed by atoms with van der Waals surface area (Å²) >= 11 is 0. The maximum absolute atomic E-state index is 12.6. The fraction of sp³-hybridized carbons (Fsp3) is 0.600. The summed E-state index contributed by atoms with van der Waals surface area (Å²) in [6.07, 6.45) is 6.46. The second kappa shape index (κ2) is 8.08.